The van der Waals surface area contributed by atoms with Gasteiger partial charge in [-0.25, -0.2) is 0 Å². The number of benzene rings is 1. The van der Waals surface area contributed by atoms with Crippen LogP contribution in [0.5, 0.6) is 0 Å². The maximum Gasteiger partial charge on any atom is 0.262 e. The summed E-state index contributed by atoms with van der Waals surface area (Å²) in [6, 6.07) is 5.96. The van der Waals surface area contributed by atoms with Crippen LogP contribution in [0, 0.1) is 0 Å². The van der Waals surface area contributed by atoms with E-state index >= 15 is 0 Å². The van der Waals surface area contributed by atoms with Crippen LogP contribution in [0.25, 0.3) is 0 Å². The molecule has 3 aliphatic rings. The van der Waals surface area contributed by atoms with Gasteiger partial charge in [0.05, 0.1) is 29.9 Å². The van der Waals surface area contributed by atoms with Crippen molar-refractivity contribution in [2.45, 2.75) is 24.4 Å². The van der Waals surface area contributed by atoms with Crippen molar-refractivity contribution in [1.29, 1.82) is 0 Å². The molecule has 0 aliphatic carbocycles. The maximum absolute atomic E-state index is 12.4. The van der Waals surface area contributed by atoms with E-state index in [2.05, 4.69) is 5.32 Å². The second-order valence-corrected chi connectivity index (χ2v) is 5.84. The number of ether oxygens (including phenoxy) is 1. The molecule has 3 aliphatic heterocycles. The molecule has 0 radical (unpaired) electrons. The van der Waals surface area contributed by atoms with Crippen LogP contribution in [0.15, 0.2) is 24.3 Å². The van der Waals surface area contributed by atoms with Crippen LogP contribution in [0.4, 0.5) is 0 Å². The molecule has 0 aromatic heterocycles. The summed E-state index contributed by atoms with van der Waals surface area (Å²) in [6.45, 7) is 1.02. The molecule has 1 spiro atoms. The minimum atomic E-state index is -0.719. The van der Waals surface area contributed by atoms with Crippen LogP contribution >= 0.6 is 0 Å². The summed E-state index contributed by atoms with van der Waals surface area (Å²) in [5.74, 6) is -1.02. The zero-order chi connectivity index (χ0) is 14.6. The fourth-order valence-corrected chi connectivity index (χ4v) is 3.25. The van der Waals surface area contributed by atoms with Crippen LogP contribution in [0.2, 0.25) is 0 Å². The average molecular weight is 286 g/mol. The lowest BCUT2D eigenvalue weighted by molar-refractivity contribution is -0.144. The number of rotatable bonds is 1. The maximum atomic E-state index is 12.4. The highest BCUT2D eigenvalue weighted by atomic mass is 16.5. The van der Waals surface area contributed by atoms with Gasteiger partial charge in [-0.3, -0.25) is 19.3 Å². The number of amides is 3. The van der Waals surface area contributed by atoms with Crippen molar-refractivity contribution in [1.82, 2.24) is 10.2 Å². The molecule has 2 fully saturated rings. The topological polar surface area (TPSA) is 75.7 Å². The van der Waals surface area contributed by atoms with Gasteiger partial charge in [-0.15, -0.1) is 0 Å². The van der Waals surface area contributed by atoms with E-state index in [4.69, 9.17) is 4.74 Å². The van der Waals surface area contributed by atoms with Gasteiger partial charge >= 0.3 is 0 Å². The zero-order valence-corrected chi connectivity index (χ0v) is 11.3. The van der Waals surface area contributed by atoms with Crippen LogP contribution in [-0.2, 0) is 9.53 Å². The molecule has 3 heterocycles. The van der Waals surface area contributed by atoms with Gasteiger partial charge in [0.1, 0.15) is 6.04 Å². The van der Waals surface area contributed by atoms with Crippen LogP contribution in [0.1, 0.15) is 33.6 Å². The van der Waals surface area contributed by atoms with E-state index in [0.717, 1.165) is 11.3 Å². The van der Waals surface area contributed by atoms with Crippen molar-refractivity contribution in [3.05, 3.63) is 35.4 Å². The Hall–Kier alpha value is -2.21. The second-order valence-electron chi connectivity index (χ2n) is 5.84. The number of piperidine rings is 1. The first-order valence-electron chi connectivity index (χ1n) is 6.98. The third-order valence-corrected chi connectivity index (χ3v) is 4.48. The first-order chi connectivity index (χ1) is 10.1. The van der Waals surface area contributed by atoms with E-state index in [0.29, 0.717) is 30.8 Å². The van der Waals surface area contributed by atoms with Gasteiger partial charge in [0.15, 0.2) is 0 Å². The molecule has 0 bridgehead atoms. The molecule has 6 heteroatoms. The Kier molecular flexibility index (Phi) is 2.47. The van der Waals surface area contributed by atoms with Crippen LogP contribution in [0.3, 0.4) is 0 Å². The van der Waals surface area contributed by atoms with Crippen molar-refractivity contribution >= 4 is 17.7 Å². The molecule has 2 saturated heterocycles. The molecule has 108 valence electrons. The number of nitrogens with one attached hydrogen (secondary N) is 1. The van der Waals surface area contributed by atoms with E-state index in [1.54, 1.807) is 24.3 Å². The number of carbonyl (C=O) groups excluding carboxylic acids is 3. The van der Waals surface area contributed by atoms with Gasteiger partial charge in [-0.2, -0.15) is 0 Å². The highest BCUT2D eigenvalue weighted by Crippen LogP contribution is 2.32. The summed E-state index contributed by atoms with van der Waals surface area (Å²) in [5, 5.41) is 2.91. The molecule has 3 amide bonds. The number of carbonyl (C=O) groups is 3. The van der Waals surface area contributed by atoms with E-state index in [9.17, 15) is 14.4 Å². The van der Waals surface area contributed by atoms with Crippen molar-refractivity contribution in [3.63, 3.8) is 0 Å². The molecule has 1 aromatic rings. The molecule has 4 rings (SSSR count). The summed E-state index contributed by atoms with van der Waals surface area (Å²) in [6.07, 6.45) is 1.21. The van der Waals surface area contributed by atoms with Gasteiger partial charge in [0.25, 0.3) is 11.8 Å². The highest BCUT2D eigenvalue weighted by molar-refractivity contribution is 6.22. The molecule has 1 unspecified atom stereocenters. The van der Waals surface area contributed by atoms with Gasteiger partial charge < -0.3 is 10.1 Å². The Bertz CT molecular complexity index is 630. The molecule has 1 atom stereocenters. The Morgan fingerprint density at radius 1 is 1.10 bits per heavy atom. The lowest BCUT2D eigenvalue weighted by Crippen LogP contribution is -2.69. The Morgan fingerprint density at radius 3 is 2.19 bits per heavy atom. The number of hydrogen-bond acceptors (Lipinski definition) is 4. The first-order valence-corrected chi connectivity index (χ1v) is 6.98. The predicted molar refractivity (Wildman–Crippen MR) is 71.7 cm³/mol. The number of hydrogen-bond donors (Lipinski definition) is 1. The third kappa shape index (κ3) is 1.65. The predicted octanol–water partition coefficient (Wildman–Crippen LogP) is 0.330. The number of imide groups is 1. The largest absolute Gasteiger partial charge is 0.376 e. The minimum absolute atomic E-state index is 0.265. The fourth-order valence-electron chi connectivity index (χ4n) is 3.25. The smallest absolute Gasteiger partial charge is 0.262 e. The quantitative estimate of drug-likeness (QED) is 0.755. The second kappa shape index (κ2) is 4.14. The molecule has 1 N–H and O–H groups in total. The van der Waals surface area contributed by atoms with Gasteiger partial charge in [0.2, 0.25) is 5.91 Å². The summed E-state index contributed by atoms with van der Waals surface area (Å²) in [5.41, 5.74) is 0.469. The summed E-state index contributed by atoms with van der Waals surface area (Å²) in [4.78, 5) is 38.2. The third-order valence-electron chi connectivity index (χ3n) is 4.48. The number of fused-ring (bicyclic) bond motifs is 1. The van der Waals surface area contributed by atoms with Gasteiger partial charge in [-0.05, 0) is 25.0 Å². The Balaban J connectivity index is 1.62. The van der Waals surface area contributed by atoms with E-state index < -0.39 is 6.04 Å². The molecule has 1 aromatic carbocycles. The Morgan fingerprint density at radius 2 is 1.71 bits per heavy atom. The van der Waals surface area contributed by atoms with E-state index in [-0.39, 0.29) is 23.3 Å². The van der Waals surface area contributed by atoms with Crippen molar-refractivity contribution in [3.8, 4) is 0 Å². The van der Waals surface area contributed by atoms with Gasteiger partial charge in [0, 0.05) is 0 Å². The van der Waals surface area contributed by atoms with E-state index in [1.807, 2.05) is 0 Å². The van der Waals surface area contributed by atoms with Crippen LogP contribution in [-0.4, -0.2) is 47.4 Å². The highest BCUT2D eigenvalue weighted by Gasteiger charge is 2.50. The van der Waals surface area contributed by atoms with Crippen molar-refractivity contribution in [2.24, 2.45) is 0 Å². The molecule has 6 nitrogen and oxygen atoms in total. The summed E-state index contributed by atoms with van der Waals surface area (Å²) < 4.78 is 5.16. The normalized spacial score (nSPS) is 26.6. The SMILES string of the molecule is O=C1NC2(CCC1N1C(=O)c3ccccc3C1=O)COC2. The van der Waals surface area contributed by atoms with Crippen LogP contribution < -0.4 is 5.32 Å². The van der Waals surface area contributed by atoms with Crippen molar-refractivity contribution in [2.75, 3.05) is 13.2 Å². The lowest BCUT2D eigenvalue weighted by Gasteiger charge is -2.47. The zero-order valence-electron chi connectivity index (χ0n) is 11.3. The molecule has 0 saturated carbocycles. The first kappa shape index (κ1) is 12.5. The molecular weight excluding hydrogens is 272 g/mol. The summed E-state index contributed by atoms with van der Waals surface area (Å²) >= 11 is 0. The number of nitrogens with zero attached hydrogens (tertiary/aromatic N) is 1. The summed E-state index contributed by atoms with van der Waals surface area (Å²) in [7, 11) is 0. The molecular formula is C15H14N2O4. The van der Waals surface area contributed by atoms with Crippen molar-refractivity contribution < 1.29 is 19.1 Å². The lowest BCUT2D eigenvalue weighted by atomic mass is 9.84. The van der Waals surface area contributed by atoms with E-state index in [1.165, 1.54) is 0 Å². The monoisotopic (exact) mass is 286 g/mol. The average Bonchev–Trinajstić information content (AvgIpc) is 2.70. The van der Waals surface area contributed by atoms with Gasteiger partial charge in [-0.1, -0.05) is 12.1 Å². The minimum Gasteiger partial charge on any atom is -0.376 e. The Labute approximate surface area is 121 Å². The fraction of sp³-hybridized carbons (Fsp3) is 0.400. The standard InChI is InChI=1S/C15H14N2O4/c18-12-11(5-6-15(16-12)7-21-8-15)17-13(19)9-3-1-2-4-10(9)14(17)20/h1-4,11H,5-8H2,(H,16,18). The molecule has 21 heavy (non-hydrogen) atoms.